The van der Waals surface area contributed by atoms with E-state index in [0.717, 1.165) is 6.61 Å². The molecule has 0 spiro atoms. The molecule has 0 rings (SSSR count). The molecule has 34 valence electrons. The fraction of sp³-hybridized carbons (Fsp3) is 1.00. The third-order valence-corrected chi connectivity index (χ3v) is 3.33. The van der Waals surface area contributed by atoms with Gasteiger partial charge in [0.1, 0.15) is 0 Å². The molecule has 0 aromatic heterocycles. The maximum absolute atomic E-state index is 4.81. The second kappa shape index (κ2) is 6.46. The van der Waals surface area contributed by atoms with Gasteiger partial charge in [-0.1, -0.05) is 0 Å². The van der Waals surface area contributed by atoms with E-state index in [1.807, 2.05) is 0 Å². The van der Waals surface area contributed by atoms with Crippen molar-refractivity contribution in [2.75, 3.05) is 13.7 Å². The minimum Gasteiger partial charge on any atom is -0.387 e. The van der Waals surface area contributed by atoms with Crippen molar-refractivity contribution in [3.8, 4) is 0 Å². The minimum absolute atomic E-state index is 0.248. The molecular formula is C3H7IMgO. The quantitative estimate of drug-likeness (QED) is 0.385. The predicted molar refractivity (Wildman–Crippen MR) is 36.5 cm³/mol. The summed E-state index contributed by atoms with van der Waals surface area (Å²) >= 11 is 2.72. The molecule has 0 aromatic carbocycles. The standard InChI is InChI=1S/C3H7O.HI.Mg/c1-3-4-2;;/h1,3H2,2H3;1H;/q;;+1/p-1. The highest BCUT2D eigenvalue weighted by molar-refractivity contribution is 14.1. The van der Waals surface area contributed by atoms with Crippen molar-refractivity contribution < 1.29 is 4.74 Å². The summed E-state index contributed by atoms with van der Waals surface area (Å²) in [5.41, 5.74) is 0. The van der Waals surface area contributed by atoms with Crippen LogP contribution in [0.1, 0.15) is 0 Å². The van der Waals surface area contributed by atoms with Crippen LogP contribution in [-0.2, 0) is 4.74 Å². The third kappa shape index (κ3) is 5.46. The van der Waals surface area contributed by atoms with Gasteiger partial charge in [0.05, 0.1) is 0 Å². The molecule has 0 saturated carbocycles. The van der Waals surface area contributed by atoms with Crippen molar-refractivity contribution in [3.05, 3.63) is 0 Å². The molecule has 0 aliphatic rings. The Morgan fingerprint density at radius 2 is 2.50 bits per heavy atom. The third-order valence-electron chi connectivity index (χ3n) is 0.482. The molecule has 3 heteroatoms. The van der Waals surface area contributed by atoms with Gasteiger partial charge >= 0.3 is 16.5 Å². The molecule has 0 atom stereocenters. The van der Waals surface area contributed by atoms with Crippen molar-refractivity contribution in [2.45, 2.75) is 4.55 Å². The summed E-state index contributed by atoms with van der Waals surface area (Å²) < 4.78 is 6.13. The second-order valence-corrected chi connectivity index (χ2v) is 5.36. The summed E-state index contributed by atoms with van der Waals surface area (Å²) in [6.45, 7) is 0.967. The van der Waals surface area contributed by atoms with Crippen LogP contribution in [0.2, 0.25) is 4.55 Å². The van der Waals surface area contributed by atoms with E-state index < -0.39 is 0 Å². The van der Waals surface area contributed by atoms with Crippen molar-refractivity contribution in [3.63, 3.8) is 0 Å². The first-order valence-electron chi connectivity index (χ1n) is 1.96. The predicted octanol–water partition coefficient (Wildman–Crippen LogP) is 1.11. The average Bonchev–Trinajstić information content (AvgIpc) is 1.61. The maximum Gasteiger partial charge on any atom is 0.466 e. The zero-order valence-corrected chi connectivity index (χ0v) is 7.48. The van der Waals surface area contributed by atoms with Gasteiger partial charge in [0.25, 0.3) is 0 Å². The zero-order valence-electron chi connectivity index (χ0n) is 3.91. The van der Waals surface area contributed by atoms with Gasteiger partial charge in [-0.15, -0.1) is 4.55 Å². The monoisotopic (exact) mass is 210 g/mol. The summed E-state index contributed by atoms with van der Waals surface area (Å²) in [5.74, 6) is 0. The molecule has 6 heavy (non-hydrogen) atoms. The highest BCUT2D eigenvalue weighted by Crippen LogP contribution is 1.84. The topological polar surface area (TPSA) is 9.23 Å². The average molecular weight is 210 g/mol. The first kappa shape index (κ1) is 7.46. The van der Waals surface area contributed by atoms with Crippen LogP contribution < -0.4 is 0 Å². The Bertz CT molecular complexity index is 22.8. The highest BCUT2D eigenvalue weighted by atomic mass is 127. The van der Waals surface area contributed by atoms with Crippen molar-refractivity contribution >= 4 is 35.3 Å². The van der Waals surface area contributed by atoms with Gasteiger partial charge in [-0.25, -0.2) is 0 Å². The summed E-state index contributed by atoms with van der Waals surface area (Å²) in [5, 5.41) is 0. The SMILES string of the molecule is COC[CH2][Mg][I]. The Kier molecular flexibility index (Phi) is 8.02. The number of halogens is 1. The van der Waals surface area contributed by atoms with E-state index in [1.54, 1.807) is 7.11 Å². The summed E-state index contributed by atoms with van der Waals surface area (Å²) in [6.07, 6.45) is 0. The van der Waals surface area contributed by atoms with Gasteiger partial charge in [-0.3, -0.25) is 0 Å². The van der Waals surface area contributed by atoms with Gasteiger partial charge in [0.2, 0.25) is 0 Å². The molecule has 1 nitrogen and oxygen atoms in total. The number of hydrogen-bond acceptors (Lipinski definition) is 1. The molecule has 0 aromatic rings. The Morgan fingerprint density at radius 3 is 2.67 bits per heavy atom. The van der Waals surface area contributed by atoms with E-state index in [1.165, 1.54) is 4.55 Å². The molecule has 0 radical (unpaired) electrons. The lowest BCUT2D eigenvalue weighted by atomic mass is 10.9. The lowest BCUT2D eigenvalue weighted by Crippen LogP contribution is -1.87. The van der Waals surface area contributed by atoms with Gasteiger partial charge in [0, 0.05) is 13.7 Å². The van der Waals surface area contributed by atoms with Crippen LogP contribution in [0.5, 0.6) is 0 Å². The second-order valence-electron chi connectivity index (χ2n) is 1.04. The molecule has 0 heterocycles. The van der Waals surface area contributed by atoms with Crippen LogP contribution in [0.4, 0.5) is 0 Å². The molecule has 0 aliphatic heterocycles. The molecule has 0 amide bonds. The first-order valence-corrected chi connectivity index (χ1v) is 8.08. The van der Waals surface area contributed by atoms with Crippen molar-refractivity contribution in [1.82, 2.24) is 0 Å². The molecule has 0 N–H and O–H groups in total. The Morgan fingerprint density at radius 1 is 1.83 bits per heavy atom. The van der Waals surface area contributed by atoms with E-state index >= 15 is 0 Å². The number of ether oxygens (including phenoxy) is 1. The van der Waals surface area contributed by atoms with Gasteiger partial charge in [0.15, 0.2) is 0 Å². The molecule has 0 fully saturated rings. The first-order chi connectivity index (χ1) is 2.91. The lowest BCUT2D eigenvalue weighted by Gasteiger charge is -1.87. The molecule has 0 bridgehead atoms. The highest BCUT2D eigenvalue weighted by Gasteiger charge is 1.84. The van der Waals surface area contributed by atoms with Crippen LogP contribution in [0.3, 0.4) is 0 Å². The number of methoxy groups -OCH3 is 1. The van der Waals surface area contributed by atoms with E-state index in [9.17, 15) is 0 Å². The molecule has 0 aliphatic carbocycles. The Hall–Kier alpha value is 1.46. The smallest absolute Gasteiger partial charge is 0.387 e. The van der Waals surface area contributed by atoms with Gasteiger partial charge < -0.3 is 23.6 Å². The van der Waals surface area contributed by atoms with Gasteiger partial charge in [-0.2, -0.15) is 0 Å². The van der Waals surface area contributed by atoms with Crippen LogP contribution >= 0.6 is 18.9 Å². The summed E-state index contributed by atoms with van der Waals surface area (Å²) in [4.78, 5) is 0. The molecule has 0 unspecified atom stereocenters. The van der Waals surface area contributed by atoms with Crippen LogP contribution in [0, 0.1) is 0 Å². The number of hydrogen-bond donors (Lipinski definition) is 0. The zero-order chi connectivity index (χ0) is 4.83. The van der Waals surface area contributed by atoms with Crippen LogP contribution in [0.25, 0.3) is 0 Å². The van der Waals surface area contributed by atoms with Crippen molar-refractivity contribution in [2.24, 2.45) is 0 Å². The summed E-state index contributed by atoms with van der Waals surface area (Å²) in [7, 11) is 1.75. The molecule has 0 saturated heterocycles. The van der Waals surface area contributed by atoms with E-state index in [-0.39, 0.29) is 16.5 Å². The molecular weight excluding hydrogens is 203 g/mol. The Balaban J connectivity index is 2.34. The normalized spacial score (nSPS) is 7.67. The largest absolute Gasteiger partial charge is 0.466 e. The van der Waals surface area contributed by atoms with E-state index in [0.29, 0.717) is 0 Å². The summed E-state index contributed by atoms with van der Waals surface area (Å²) in [6, 6.07) is 0. The minimum atomic E-state index is 0.248. The number of rotatable bonds is 3. The maximum atomic E-state index is 4.81. The Labute approximate surface area is 57.9 Å². The van der Waals surface area contributed by atoms with Crippen LogP contribution in [0.15, 0.2) is 0 Å². The van der Waals surface area contributed by atoms with E-state index in [2.05, 4.69) is 18.9 Å². The lowest BCUT2D eigenvalue weighted by molar-refractivity contribution is 0.216. The van der Waals surface area contributed by atoms with Crippen molar-refractivity contribution in [1.29, 1.82) is 0 Å². The van der Waals surface area contributed by atoms with Crippen LogP contribution in [-0.4, -0.2) is 30.2 Å². The van der Waals surface area contributed by atoms with E-state index in [4.69, 9.17) is 4.74 Å². The fourth-order valence-electron chi connectivity index (χ4n) is 0.199. The van der Waals surface area contributed by atoms with Gasteiger partial charge in [-0.05, 0) is 0 Å². The fourth-order valence-corrected chi connectivity index (χ4v) is 1.53.